The van der Waals surface area contributed by atoms with Gasteiger partial charge in [-0.25, -0.2) is 9.18 Å². The molecule has 1 saturated heterocycles. The number of hydrogen-bond acceptors (Lipinski definition) is 4. The topological polar surface area (TPSA) is 84.3 Å². The second-order valence-electron chi connectivity index (χ2n) is 4.06. The maximum atomic E-state index is 13.6. The lowest BCUT2D eigenvalue weighted by Gasteiger charge is -2.16. The number of nitrogens with zero attached hydrogens (tertiary/aromatic N) is 1. The molecule has 1 aromatic heterocycles. The maximum Gasteiger partial charge on any atom is 0.330 e. The molecule has 0 spiro atoms. The fraction of sp³-hybridized carbons (Fsp3) is 0.600. The van der Waals surface area contributed by atoms with Gasteiger partial charge in [0, 0.05) is 18.2 Å². The van der Waals surface area contributed by atoms with E-state index < -0.39 is 29.8 Å². The Balaban J connectivity index is 2.38. The van der Waals surface area contributed by atoms with E-state index in [0.29, 0.717) is 5.56 Å². The highest BCUT2D eigenvalue weighted by atomic mass is 19.1. The number of aliphatic hydroxyl groups is 1. The van der Waals surface area contributed by atoms with Gasteiger partial charge in [-0.3, -0.25) is 14.3 Å². The van der Waals surface area contributed by atoms with E-state index in [1.807, 2.05) is 0 Å². The van der Waals surface area contributed by atoms with Crippen LogP contribution in [0, 0.1) is 6.92 Å². The van der Waals surface area contributed by atoms with E-state index in [-0.39, 0.29) is 13.0 Å². The van der Waals surface area contributed by atoms with Gasteiger partial charge in [0.1, 0.15) is 6.17 Å². The lowest BCUT2D eigenvalue weighted by molar-refractivity contribution is -0.0395. The predicted molar refractivity (Wildman–Crippen MR) is 56.6 cm³/mol. The number of ether oxygens (including phenoxy) is 1. The fourth-order valence-corrected chi connectivity index (χ4v) is 1.84. The molecule has 2 rings (SSSR count). The van der Waals surface area contributed by atoms with Crippen molar-refractivity contribution >= 4 is 0 Å². The van der Waals surface area contributed by atoms with Crippen LogP contribution in [0.25, 0.3) is 0 Å². The van der Waals surface area contributed by atoms with Crippen LogP contribution in [0.2, 0.25) is 0 Å². The normalized spacial score (nSPS) is 28.5. The van der Waals surface area contributed by atoms with Crippen LogP contribution in [0.15, 0.2) is 15.8 Å². The third-order valence-corrected chi connectivity index (χ3v) is 2.75. The van der Waals surface area contributed by atoms with Crippen LogP contribution in [-0.4, -0.2) is 33.5 Å². The maximum absolute atomic E-state index is 13.6. The van der Waals surface area contributed by atoms with E-state index >= 15 is 0 Å². The molecule has 0 bridgehead atoms. The zero-order valence-corrected chi connectivity index (χ0v) is 9.22. The molecule has 2 heterocycles. The van der Waals surface area contributed by atoms with Crippen molar-refractivity contribution in [3.8, 4) is 0 Å². The molecule has 0 aromatic carbocycles. The Morgan fingerprint density at radius 3 is 2.94 bits per heavy atom. The molecule has 1 aliphatic heterocycles. The number of aryl methyl sites for hydroxylation is 1. The summed E-state index contributed by atoms with van der Waals surface area (Å²) in [5.74, 6) is 0. The predicted octanol–water partition coefficient (Wildman–Crippen LogP) is -0.537. The summed E-state index contributed by atoms with van der Waals surface area (Å²) in [5, 5.41) is 8.88. The summed E-state index contributed by atoms with van der Waals surface area (Å²) in [5.41, 5.74) is -0.918. The first-order valence-electron chi connectivity index (χ1n) is 5.25. The van der Waals surface area contributed by atoms with E-state index in [2.05, 4.69) is 4.98 Å². The second-order valence-corrected chi connectivity index (χ2v) is 4.06. The molecular formula is C10H13FN2O4. The minimum Gasteiger partial charge on any atom is -0.394 e. The highest BCUT2D eigenvalue weighted by Gasteiger charge is 2.36. The number of H-pyrrole nitrogens is 1. The summed E-state index contributed by atoms with van der Waals surface area (Å²) in [7, 11) is 0. The number of alkyl halides is 1. The van der Waals surface area contributed by atoms with E-state index in [4.69, 9.17) is 9.84 Å². The minimum atomic E-state index is -1.38. The fourth-order valence-electron chi connectivity index (χ4n) is 1.84. The third kappa shape index (κ3) is 2.16. The lowest BCUT2D eigenvalue weighted by atomic mass is 10.2. The number of rotatable bonds is 2. The van der Waals surface area contributed by atoms with E-state index in [0.717, 1.165) is 4.57 Å². The van der Waals surface area contributed by atoms with Gasteiger partial charge in [0.05, 0.1) is 12.7 Å². The van der Waals surface area contributed by atoms with Crippen molar-refractivity contribution in [3.63, 3.8) is 0 Å². The molecule has 6 nitrogen and oxygen atoms in total. The van der Waals surface area contributed by atoms with Crippen molar-refractivity contribution in [1.82, 2.24) is 9.55 Å². The highest BCUT2D eigenvalue weighted by Crippen LogP contribution is 2.29. The van der Waals surface area contributed by atoms with Crippen molar-refractivity contribution in [1.29, 1.82) is 0 Å². The summed E-state index contributed by atoms with van der Waals surface area (Å²) in [4.78, 5) is 24.8. The van der Waals surface area contributed by atoms with Gasteiger partial charge in [0.25, 0.3) is 5.56 Å². The largest absolute Gasteiger partial charge is 0.394 e. The van der Waals surface area contributed by atoms with Crippen molar-refractivity contribution in [3.05, 3.63) is 32.6 Å². The van der Waals surface area contributed by atoms with Crippen LogP contribution in [0.5, 0.6) is 0 Å². The minimum absolute atomic E-state index is 0.0335. The molecule has 1 fully saturated rings. The Morgan fingerprint density at radius 2 is 2.35 bits per heavy atom. The average Bonchev–Trinajstić information content (AvgIpc) is 2.65. The first kappa shape index (κ1) is 12.0. The zero-order chi connectivity index (χ0) is 12.6. The Morgan fingerprint density at radius 1 is 1.65 bits per heavy atom. The monoisotopic (exact) mass is 244 g/mol. The van der Waals surface area contributed by atoms with E-state index in [1.54, 1.807) is 0 Å². The molecule has 1 aromatic rings. The molecule has 0 saturated carbocycles. The first-order chi connectivity index (χ1) is 8.02. The van der Waals surface area contributed by atoms with Gasteiger partial charge in [-0.1, -0.05) is 0 Å². The summed E-state index contributed by atoms with van der Waals surface area (Å²) in [6, 6.07) is 0. The smallest absolute Gasteiger partial charge is 0.330 e. The van der Waals surface area contributed by atoms with Gasteiger partial charge < -0.3 is 9.84 Å². The summed E-state index contributed by atoms with van der Waals surface area (Å²) < 4.78 is 19.8. The first-order valence-corrected chi connectivity index (χ1v) is 5.25. The molecule has 0 amide bonds. The van der Waals surface area contributed by atoms with Crippen LogP contribution >= 0.6 is 0 Å². The molecule has 94 valence electrons. The molecule has 0 radical (unpaired) electrons. The van der Waals surface area contributed by atoms with Gasteiger partial charge in [0.2, 0.25) is 0 Å². The van der Waals surface area contributed by atoms with Crippen LogP contribution in [-0.2, 0) is 4.74 Å². The Hall–Kier alpha value is -1.47. The number of aromatic amines is 1. The number of aromatic nitrogens is 2. The van der Waals surface area contributed by atoms with Gasteiger partial charge in [0.15, 0.2) is 6.23 Å². The van der Waals surface area contributed by atoms with Gasteiger partial charge in [-0.2, -0.15) is 0 Å². The quantitative estimate of drug-likeness (QED) is 0.732. The Labute approximate surface area is 95.7 Å². The zero-order valence-electron chi connectivity index (χ0n) is 9.22. The third-order valence-electron chi connectivity index (χ3n) is 2.75. The summed E-state index contributed by atoms with van der Waals surface area (Å²) in [6.07, 6.45) is -1.79. The van der Waals surface area contributed by atoms with Crippen LogP contribution in [0.3, 0.4) is 0 Å². The van der Waals surface area contributed by atoms with Crippen LogP contribution in [0.1, 0.15) is 18.2 Å². The number of aliphatic hydroxyl groups excluding tert-OH is 1. The molecule has 17 heavy (non-hydrogen) atoms. The van der Waals surface area contributed by atoms with Gasteiger partial charge >= 0.3 is 5.69 Å². The lowest BCUT2D eigenvalue weighted by Crippen LogP contribution is -2.35. The highest BCUT2D eigenvalue weighted by molar-refractivity contribution is 5.02. The van der Waals surface area contributed by atoms with Crippen molar-refractivity contribution in [2.45, 2.75) is 31.8 Å². The van der Waals surface area contributed by atoms with Crippen LogP contribution < -0.4 is 11.2 Å². The molecule has 0 unspecified atom stereocenters. The standard InChI is InChI=1S/C10H13FN2O4/c1-5-3-13(10(16)12-8(5)15)9-7(11)2-6(4-14)17-9/h3,6-7,9,14H,2,4H2,1H3,(H,12,15,16)/t6-,7+,9+/m1/s1. The Kier molecular flexibility index (Phi) is 3.12. The number of halogens is 1. The van der Waals surface area contributed by atoms with Crippen molar-refractivity contribution in [2.24, 2.45) is 0 Å². The second kappa shape index (κ2) is 4.42. The molecule has 1 aliphatic rings. The summed E-state index contributed by atoms with van der Waals surface area (Å²) in [6.45, 7) is 1.22. The van der Waals surface area contributed by atoms with E-state index in [1.165, 1.54) is 13.1 Å². The van der Waals surface area contributed by atoms with Crippen LogP contribution in [0.4, 0.5) is 4.39 Å². The van der Waals surface area contributed by atoms with E-state index in [9.17, 15) is 14.0 Å². The number of nitrogens with one attached hydrogen (secondary N) is 1. The number of hydrogen-bond donors (Lipinski definition) is 2. The molecule has 0 aliphatic carbocycles. The molecule has 2 N–H and O–H groups in total. The summed E-state index contributed by atoms with van der Waals surface area (Å²) >= 11 is 0. The average molecular weight is 244 g/mol. The van der Waals surface area contributed by atoms with Gasteiger partial charge in [-0.15, -0.1) is 0 Å². The van der Waals surface area contributed by atoms with Crippen molar-refractivity contribution in [2.75, 3.05) is 6.61 Å². The van der Waals surface area contributed by atoms with Gasteiger partial charge in [-0.05, 0) is 6.92 Å². The molecule has 7 heteroatoms. The molecular weight excluding hydrogens is 231 g/mol. The van der Waals surface area contributed by atoms with Crippen molar-refractivity contribution < 1.29 is 14.2 Å². The SMILES string of the molecule is Cc1cn([C@H]2O[C@@H](CO)C[C@@H]2F)c(=O)[nH]c1=O. The molecule has 3 atom stereocenters. The Bertz CT molecular complexity index is 524.